The number of hydrogen-bond acceptors (Lipinski definition) is 0. The average molecular weight is 254 g/mol. The molecule has 0 fully saturated rings. The fourth-order valence-corrected chi connectivity index (χ4v) is 2.64. The van der Waals surface area contributed by atoms with E-state index in [1.807, 2.05) is 12.1 Å². The molecule has 0 radical (unpaired) electrons. The summed E-state index contributed by atoms with van der Waals surface area (Å²) in [5.74, 6) is 0. The second kappa shape index (κ2) is 5.67. The van der Waals surface area contributed by atoms with E-state index in [1.165, 1.54) is 27.7 Å². The van der Waals surface area contributed by atoms with Crippen LogP contribution in [0.25, 0.3) is 22.3 Å². The van der Waals surface area contributed by atoms with E-state index in [0.29, 0.717) is 0 Å². The van der Waals surface area contributed by atoms with E-state index in [4.69, 9.17) is 0 Å². The molecule has 0 spiro atoms. The van der Waals surface area contributed by atoms with E-state index >= 15 is 0 Å². The molecule has 0 heterocycles. The zero-order valence-corrected chi connectivity index (χ0v) is 11.6. The Bertz CT molecular complexity index is 630. The van der Waals surface area contributed by atoms with Crippen LogP contribution in [0.15, 0.2) is 66.7 Å². The minimum atomic E-state index is 1.01. The van der Waals surface area contributed by atoms with Crippen LogP contribution in [0.1, 0.15) is 0 Å². The number of rotatable bonds is 3. The van der Waals surface area contributed by atoms with Crippen molar-refractivity contribution in [2.75, 3.05) is 0 Å². The van der Waals surface area contributed by atoms with Crippen LogP contribution in [0.5, 0.6) is 0 Å². The van der Waals surface area contributed by atoms with Crippen LogP contribution in [0.4, 0.5) is 0 Å². The molecule has 20 heavy (non-hydrogen) atoms. The summed E-state index contributed by atoms with van der Waals surface area (Å²) in [6.07, 6.45) is 0. The zero-order chi connectivity index (χ0) is 13.8. The van der Waals surface area contributed by atoms with Crippen LogP contribution in [-0.2, 0) is 0 Å². The van der Waals surface area contributed by atoms with Gasteiger partial charge in [-0.25, -0.2) is 0 Å². The summed E-state index contributed by atoms with van der Waals surface area (Å²) in [5, 5.41) is 0. The van der Waals surface area contributed by atoms with E-state index in [2.05, 4.69) is 73.6 Å². The van der Waals surface area contributed by atoms with E-state index in [-0.39, 0.29) is 0 Å². The summed E-state index contributed by atoms with van der Waals surface area (Å²) in [7, 11) is 1.01. The molecule has 0 atom stereocenters. The van der Waals surface area contributed by atoms with Crippen LogP contribution in [0.2, 0.25) is 6.82 Å². The first-order chi connectivity index (χ1) is 9.90. The van der Waals surface area contributed by atoms with Crippen molar-refractivity contribution in [1.82, 2.24) is 0 Å². The summed E-state index contributed by atoms with van der Waals surface area (Å²) >= 11 is 0. The van der Waals surface area contributed by atoms with Gasteiger partial charge in [0.25, 0.3) is 0 Å². The van der Waals surface area contributed by atoms with Gasteiger partial charge in [-0.05, 0) is 40.5 Å². The lowest BCUT2D eigenvalue weighted by atomic mass is 9.66. The smallest absolute Gasteiger partial charge is 0.0848 e. The molecule has 94 valence electrons. The predicted molar refractivity (Wildman–Crippen MR) is 87.6 cm³/mol. The second-order valence-corrected chi connectivity index (χ2v) is 4.77. The Kier molecular flexibility index (Phi) is 3.57. The Morgan fingerprint density at radius 3 is 2.15 bits per heavy atom. The zero-order valence-electron chi connectivity index (χ0n) is 11.6. The standard InChI is InChI=1S/C19H15B/c1-20-19-17(15-9-4-2-5-10-15)13-8-14-18(19)16-11-6-3-7-12-16/h2,4-6,8-14,20H,1H3. The highest BCUT2D eigenvalue weighted by Crippen LogP contribution is 2.23. The maximum atomic E-state index is 3.05. The van der Waals surface area contributed by atoms with Gasteiger partial charge in [0, 0.05) is 0 Å². The highest BCUT2D eigenvalue weighted by Gasteiger charge is 2.09. The van der Waals surface area contributed by atoms with Gasteiger partial charge in [-0.1, -0.05) is 72.9 Å². The van der Waals surface area contributed by atoms with Gasteiger partial charge in [-0.15, -0.1) is 0 Å². The van der Waals surface area contributed by atoms with Gasteiger partial charge in [-0.3, -0.25) is 0 Å². The van der Waals surface area contributed by atoms with Crippen molar-refractivity contribution in [1.29, 1.82) is 0 Å². The van der Waals surface area contributed by atoms with Crippen LogP contribution in [0.3, 0.4) is 0 Å². The first kappa shape index (κ1) is 12.6. The fourth-order valence-electron chi connectivity index (χ4n) is 2.64. The van der Waals surface area contributed by atoms with Gasteiger partial charge in [0.1, 0.15) is 0 Å². The first-order valence-corrected chi connectivity index (χ1v) is 6.95. The summed E-state index contributed by atoms with van der Waals surface area (Å²) in [6, 6.07) is 29.1. The van der Waals surface area contributed by atoms with Crippen molar-refractivity contribution in [3.05, 3.63) is 78.9 Å². The Balaban J connectivity index is 2.19. The molecule has 1 heteroatoms. The van der Waals surface area contributed by atoms with Crippen molar-refractivity contribution < 1.29 is 0 Å². The first-order valence-electron chi connectivity index (χ1n) is 6.95. The Morgan fingerprint density at radius 1 is 0.750 bits per heavy atom. The molecule has 0 aromatic heterocycles. The van der Waals surface area contributed by atoms with Crippen LogP contribution in [-0.4, -0.2) is 7.28 Å². The highest BCUT2D eigenvalue weighted by atomic mass is 14.1. The molecule has 0 amide bonds. The van der Waals surface area contributed by atoms with E-state index in [0.717, 1.165) is 7.28 Å². The van der Waals surface area contributed by atoms with Crippen LogP contribution >= 0.6 is 0 Å². The third kappa shape index (κ3) is 2.33. The Morgan fingerprint density at radius 2 is 1.50 bits per heavy atom. The summed E-state index contributed by atoms with van der Waals surface area (Å²) < 4.78 is 0. The molecule has 3 aromatic rings. The summed E-state index contributed by atoms with van der Waals surface area (Å²) in [6.45, 7) is 2.21. The monoisotopic (exact) mass is 254 g/mol. The van der Waals surface area contributed by atoms with E-state index < -0.39 is 0 Å². The quantitative estimate of drug-likeness (QED) is 0.625. The van der Waals surface area contributed by atoms with Gasteiger partial charge in [-0.2, -0.15) is 0 Å². The molecule has 0 saturated heterocycles. The lowest BCUT2D eigenvalue weighted by Gasteiger charge is -2.13. The minimum absolute atomic E-state index is 1.01. The van der Waals surface area contributed by atoms with Crippen molar-refractivity contribution in [3.63, 3.8) is 0 Å². The van der Waals surface area contributed by atoms with Crippen molar-refractivity contribution in [2.24, 2.45) is 0 Å². The number of benzene rings is 2. The van der Waals surface area contributed by atoms with Gasteiger partial charge in [0.2, 0.25) is 0 Å². The predicted octanol–water partition coefficient (Wildman–Crippen LogP) is 3.73. The molecule has 0 nitrogen and oxygen atoms in total. The van der Waals surface area contributed by atoms with Gasteiger partial charge < -0.3 is 0 Å². The van der Waals surface area contributed by atoms with E-state index in [9.17, 15) is 0 Å². The lowest BCUT2D eigenvalue weighted by molar-refractivity contribution is 1.62. The highest BCUT2D eigenvalue weighted by molar-refractivity contribution is 6.56. The van der Waals surface area contributed by atoms with Gasteiger partial charge in [0.05, 0.1) is 0 Å². The largest absolute Gasteiger partial charge is 0.156 e. The van der Waals surface area contributed by atoms with Crippen molar-refractivity contribution in [2.45, 2.75) is 6.82 Å². The number of hydrogen-bond donors (Lipinski definition) is 0. The van der Waals surface area contributed by atoms with Crippen molar-refractivity contribution >= 4 is 12.7 Å². The van der Waals surface area contributed by atoms with E-state index in [1.54, 1.807) is 0 Å². The Labute approximate surface area is 121 Å². The molecule has 0 bridgehead atoms. The third-order valence-electron chi connectivity index (χ3n) is 3.58. The van der Waals surface area contributed by atoms with Gasteiger partial charge in [0.15, 0.2) is 7.28 Å². The molecule has 0 aliphatic heterocycles. The molecule has 0 saturated carbocycles. The van der Waals surface area contributed by atoms with Gasteiger partial charge >= 0.3 is 0 Å². The van der Waals surface area contributed by atoms with Crippen LogP contribution in [0, 0.1) is 12.1 Å². The molecular weight excluding hydrogens is 239 g/mol. The van der Waals surface area contributed by atoms with Crippen molar-refractivity contribution in [3.8, 4) is 22.3 Å². The normalized spacial score (nSPS) is 9.85. The molecule has 0 aliphatic carbocycles. The maximum Gasteiger partial charge on any atom is 0.156 e. The summed E-state index contributed by atoms with van der Waals surface area (Å²) in [4.78, 5) is 0. The van der Waals surface area contributed by atoms with Crippen LogP contribution < -0.4 is 5.46 Å². The molecule has 3 aromatic carbocycles. The molecule has 0 N–H and O–H groups in total. The maximum absolute atomic E-state index is 3.05. The molecule has 0 aliphatic rings. The fraction of sp³-hybridized carbons (Fsp3) is 0.0526. The molecular formula is C19H15B. The lowest BCUT2D eigenvalue weighted by Crippen LogP contribution is -2.17. The Hall–Kier alpha value is -2.46. The minimum Gasteiger partial charge on any atom is -0.0848 e. The molecule has 0 unspecified atom stereocenters. The summed E-state index contributed by atoms with van der Waals surface area (Å²) in [5.41, 5.74) is 6.48. The third-order valence-corrected chi connectivity index (χ3v) is 3.58. The second-order valence-electron chi connectivity index (χ2n) is 4.77. The SMILES string of the molecule is CBc1c(-c2cc#ccc2)cccc1-c1ccccc1. The molecule has 3 rings (SSSR count). The average Bonchev–Trinajstić information content (AvgIpc) is 2.55. The topological polar surface area (TPSA) is 0 Å².